The van der Waals surface area contributed by atoms with E-state index < -0.39 is 5.60 Å². The van der Waals surface area contributed by atoms with Crippen LogP contribution in [0.3, 0.4) is 0 Å². The van der Waals surface area contributed by atoms with Crippen LogP contribution in [0.25, 0.3) is 0 Å². The molecule has 2 atom stereocenters. The molecule has 2 saturated heterocycles. The molecule has 0 radical (unpaired) electrons. The predicted molar refractivity (Wildman–Crippen MR) is 56.8 cm³/mol. The van der Waals surface area contributed by atoms with E-state index in [2.05, 4.69) is 5.32 Å². The van der Waals surface area contributed by atoms with Crippen LogP contribution in [0.4, 0.5) is 0 Å². The number of hydrogen-bond acceptors (Lipinski definition) is 4. The van der Waals surface area contributed by atoms with Crippen molar-refractivity contribution >= 4 is 0 Å². The van der Waals surface area contributed by atoms with E-state index in [1.807, 2.05) is 0 Å². The number of hydrogen-bond donors (Lipinski definition) is 2. The van der Waals surface area contributed by atoms with Gasteiger partial charge in [-0.15, -0.1) is 0 Å². The van der Waals surface area contributed by atoms with Crippen molar-refractivity contribution in [1.29, 1.82) is 0 Å². The van der Waals surface area contributed by atoms with Gasteiger partial charge >= 0.3 is 0 Å². The molecule has 0 aliphatic carbocycles. The lowest BCUT2D eigenvalue weighted by Gasteiger charge is -2.25. The fourth-order valence-electron chi connectivity index (χ4n) is 2.17. The van der Waals surface area contributed by atoms with Crippen LogP contribution in [-0.4, -0.2) is 49.7 Å². The van der Waals surface area contributed by atoms with Crippen LogP contribution in [0.2, 0.25) is 0 Å². The number of ether oxygens (including phenoxy) is 2. The molecule has 2 fully saturated rings. The molecule has 4 nitrogen and oxygen atoms in total. The highest BCUT2D eigenvalue weighted by molar-refractivity contribution is 4.85. The lowest BCUT2D eigenvalue weighted by Crippen LogP contribution is -2.44. The van der Waals surface area contributed by atoms with E-state index >= 15 is 0 Å². The van der Waals surface area contributed by atoms with Gasteiger partial charge in [-0.25, -0.2) is 0 Å². The first kappa shape index (κ1) is 11.3. The Kier molecular flexibility index (Phi) is 3.97. The molecule has 4 heteroatoms. The topological polar surface area (TPSA) is 50.7 Å². The maximum absolute atomic E-state index is 9.99. The van der Waals surface area contributed by atoms with Crippen molar-refractivity contribution in [1.82, 2.24) is 5.32 Å². The van der Waals surface area contributed by atoms with E-state index in [9.17, 15) is 5.11 Å². The van der Waals surface area contributed by atoms with Gasteiger partial charge in [0.1, 0.15) is 5.60 Å². The van der Waals surface area contributed by atoms with E-state index in [-0.39, 0.29) is 0 Å². The Morgan fingerprint density at radius 1 is 1.33 bits per heavy atom. The van der Waals surface area contributed by atoms with Gasteiger partial charge in [0.15, 0.2) is 0 Å². The van der Waals surface area contributed by atoms with E-state index in [0.29, 0.717) is 25.9 Å². The molecule has 0 aromatic carbocycles. The summed E-state index contributed by atoms with van der Waals surface area (Å²) in [5.74, 6) is 0. The number of nitrogens with one attached hydrogen (secondary N) is 1. The van der Waals surface area contributed by atoms with E-state index in [1.54, 1.807) is 0 Å². The average molecular weight is 215 g/mol. The summed E-state index contributed by atoms with van der Waals surface area (Å²) < 4.78 is 10.8. The lowest BCUT2D eigenvalue weighted by atomic mass is 10.0. The summed E-state index contributed by atoms with van der Waals surface area (Å²) in [6.45, 7) is 3.50. The smallest absolute Gasteiger partial charge is 0.102 e. The third-order valence-electron chi connectivity index (χ3n) is 3.18. The van der Waals surface area contributed by atoms with Crippen LogP contribution in [0.5, 0.6) is 0 Å². The van der Waals surface area contributed by atoms with E-state index in [1.165, 1.54) is 12.8 Å². The van der Waals surface area contributed by atoms with Gasteiger partial charge in [0.2, 0.25) is 0 Å². The number of aliphatic hydroxyl groups is 1. The van der Waals surface area contributed by atoms with Crippen LogP contribution in [0.15, 0.2) is 0 Å². The molecule has 88 valence electrons. The van der Waals surface area contributed by atoms with Crippen molar-refractivity contribution in [2.24, 2.45) is 0 Å². The molecule has 0 amide bonds. The summed E-state index contributed by atoms with van der Waals surface area (Å²) >= 11 is 0. The molecule has 15 heavy (non-hydrogen) atoms. The first-order valence-electron chi connectivity index (χ1n) is 5.91. The van der Waals surface area contributed by atoms with Crippen LogP contribution in [-0.2, 0) is 9.47 Å². The largest absolute Gasteiger partial charge is 0.386 e. The molecular weight excluding hydrogens is 194 g/mol. The third-order valence-corrected chi connectivity index (χ3v) is 3.18. The zero-order valence-corrected chi connectivity index (χ0v) is 9.21. The molecule has 2 N–H and O–H groups in total. The predicted octanol–water partition coefficient (Wildman–Crippen LogP) is 0.296. The highest BCUT2D eigenvalue weighted by atomic mass is 16.5. The van der Waals surface area contributed by atoms with Crippen LogP contribution < -0.4 is 5.32 Å². The highest BCUT2D eigenvalue weighted by Gasteiger charge is 2.31. The molecule has 0 aromatic heterocycles. The van der Waals surface area contributed by atoms with Gasteiger partial charge in [-0.05, 0) is 19.3 Å². The summed E-state index contributed by atoms with van der Waals surface area (Å²) in [5.41, 5.74) is -0.644. The molecule has 2 rings (SSSR count). The van der Waals surface area contributed by atoms with Crippen molar-refractivity contribution in [3.63, 3.8) is 0 Å². The van der Waals surface area contributed by atoms with Gasteiger partial charge in [-0.2, -0.15) is 0 Å². The SMILES string of the molecule is OC1(CNCC2CCCCO2)CCOC1. The summed E-state index contributed by atoms with van der Waals surface area (Å²) in [6.07, 6.45) is 4.67. The van der Waals surface area contributed by atoms with Gasteiger partial charge in [0, 0.05) is 32.7 Å². The summed E-state index contributed by atoms with van der Waals surface area (Å²) in [5, 5.41) is 13.3. The molecule has 2 unspecified atom stereocenters. The van der Waals surface area contributed by atoms with Crippen molar-refractivity contribution in [2.45, 2.75) is 37.4 Å². The Hall–Kier alpha value is -0.160. The fraction of sp³-hybridized carbons (Fsp3) is 1.00. The third kappa shape index (κ3) is 3.41. The Morgan fingerprint density at radius 3 is 2.93 bits per heavy atom. The molecule has 0 saturated carbocycles. The minimum Gasteiger partial charge on any atom is -0.386 e. The highest BCUT2D eigenvalue weighted by Crippen LogP contribution is 2.17. The standard InChI is InChI=1S/C11H21NO3/c13-11(4-6-14-9-11)8-12-7-10-3-1-2-5-15-10/h10,12-13H,1-9H2. The molecule has 2 aliphatic rings. The Morgan fingerprint density at radius 2 is 2.27 bits per heavy atom. The summed E-state index contributed by atoms with van der Waals surface area (Å²) in [6, 6.07) is 0. The second-order valence-electron chi connectivity index (χ2n) is 4.65. The zero-order valence-electron chi connectivity index (χ0n) is 9.21. The molecule has 0 bridgehead atoms. The lowest BCUT2D eigenvalue weighted by molar-refractivity contribution is 0.00268. The Balaban J connectivity index is 1.61. The quantitative estimate of drug-likeness (QED) is 0.708. The van der Waals surface area contributed by atoms with Crippen LogP contribution in [0, 0.1) is 0 Å². The maximum Gasteiger partial charge on any atom is 0.102 e. The zero-order chi connectivity index (χ0) is 10.6. The van der Waals surface area contributed by atoms with Gasteiger partial charge in [-0.1, -0.05) is 0 Å². The van der Waals surface area contributed by atoms with Crippen molar-refractivity contribution < 1.29 is 14.6 Å². The monoisotopic (exact) mass is 215 g/mol. The second-order valence-corrected chi connectivity index (χ2v) is 4.65. The minimum absolute atomic E-state index is 0.338. The van der Waals surface area contributed by atoms with Crippen molar-refractivity contribution in [3.05, 3.63) is 0 Å². The Bertz CT molecular complexity index is 186. The molecular formula is C11H21NO3. The van der Waals surface area contributed by atoms with Gasteiger partial charge in [0.05, 0.1) is 12.7 Å². The molecule has 2 heterocycles. The summed E-state index contributed by atoms with van der Waals surface area (Å²) in [7, 11) is 0. The molecule has 2 aliphatic heterocycles. The maximum atomic E-state index is 9.99. The van der Waals surface area contributed by atoms with E-state index in [0.717, 1.165) is 26.0 Å². The average Bonchev–Trinajstić information content (AvgIpc) is 2.67. The fourth-order valence-corrected chi connectivity index (χ4v) is 2.17. The summed E-state index contributed by atoms with van der Waals surface area (Å²) in [4.78, 5) is 0. The number of rotatable bonds is 4. The van der Waals surface area contributed by atoms with Gasteiger partial charge < -0.3 is 19.9 Å². The molecule has 0 spiro atoms. The van der Waals surface area contributed by atoms with Gasteiger partial charge in [0.25, 0.3) is 0 Å². The molecule has 0 aromatic rings. The van der Waals surface area contributed by atoms with Crippen molar-refractivity contribution in [3.8, 4) is 0 Å². The van der Waals surface area contributed by atoms with E-state index in [4.69, 9.17) is 9.47 Å². The normalized spacial score (nSPS) is 37.0. The van der Waals surface area contributed by atoms with Crippen LogP contribution >= 0.6 is 0 Å². The first-order chi connectivity index (χ1) is 7.29. The minimum atomic E-state index is -0.644. The second kappa shape index (κ2) is 5.25. The first-order valence-corrected chi connectivity index (χ1v) is 5.91. The van der Waals surface area contributed by atoms with Gasteiger partial charge in [-0.3, -0.25) is 0 Å². The van der Waals surface area contributed by atoms with Crippen molar-refractivity contribution in [2.75, 3.05) is 32.9 Å². The Labute approximate surface area is 90.9 Å². The van der Waals surface area contributed by atoms with Crippen LogP contribution in [0.1, 0.15) is 25.7 Å².